The standard InChI is InChI=1S/C16H22N4S/c1-11(2)15-19-14(10-21-15)8-9-18-16(17)20-13-6-4-12(3)5-7-13/h4-7,10-11H,8-9H2,1-3H3,(H3,17,18,20). The van der Waals surface area contributed by atoms with Crippen molar-refractivity contribution in [1.29, 1.82) is 0 Å². The van der Waals surface area contributed by atoms with Crippen LogP contribution in [0.25, 0.3) is 0 Å². The number of aliphatic imine (C=N–C) groups is 1. The van der Waals surface area contributed by atoms with E-state index in [0.717, 1.165) is 17.8 Å². The lowest BCUT2D eigenvalue weighted by Gasteiger charge is -2.05. The number of aromatic nitrogens is 1. The van der Waals surface area contributed by atoms with Crippen molar-refractivity contribution in [3.8, 4) is 0 Å². The molecule has 21 heavy (non-hydrogen) atoms. The van der Waals surface area contributed by atoms with E-state index in [1.54, 1.807) is 11.3 Å². The van der Waals surface area contributed by atoms with Gasteiger partial charge in [0.05, 0.1) is 10.7 Å². The molecule has 1 heterocycles. The summed E-state index contributed by atoms with van der Waals surface area (Å²) in [4.78, 5) is 8.93. The van der Waals surface area contributed by atoms with Crippen LogP contribution < -0.4 is 11.1 Å². The Bertz CT molecular complexity index is 599. The average Bonchev–Trinajstić information content (AvgIpc) is 2.90. The molecule has 0 saturated heterocycles. The third-order valence-electron chi connectivity index (χ3n) is 3.04. The molecule has 0 aliphatic heterocycles. The van der Waals surface area contributed by atoms with Gasteiger partial charge in [0, 0.05) is 30.0 Å². The zero-order valence-corrected chi connectivity index (χ0v) is 13.6. The van der Waals surface area contributed by atoms with Gasteiger partial charge < -0.3 is 11.1 Å². The van der Waals surface area contributed by atoms with Gasteiger partial charge in [-0.1, -0.05) is 31.5 Å². The fourth-order valence-corrected chi connectivity index (χ4v) is 2.69. The van der Waals surface area contributed by atoms with Gasteiger partial charge >= 0.3 is 0 Å². The Labute approximate surface area is 130 Å². The molecule has 3 N–H and O–H groups in total. The smallest absolute Gasteiger partial charge is 0.193 e. The lowest BCUT2D eigenvalue weighted by atomic mass is 10.2. The SMILES string of the molecule is Cc1ccc(NC(N)=NCCc2csc(C(C)C)n2)cc1. The van der Waals surface area contributed by atoms with Crippen LogP contribution in [-0.4, -0.2) is 17.5 Å². The van der Waals surface area contributed by atoms with Crippen molar-refractivity contribution in [1.82, 2.24) is 4.98 Å². The maximum Gasteiger partial charge on any atom is 0.193 e. The summed E-state index contributed by atoms with van der Waals surface area (Å²) in [5, 5.41) is 6.37. The van der Waals surface area contributed by atoms with E-state index in [0.29, 0.717) is 18.4 Å². The third kappa shape index (κ3) is 4.86. The molecule has 4 nitrogen and oxygen atoms in total. The van der Waals surface area contributed by atoms with Crippen molar-refractivity contribution in [3.63, 3.8) is 0 Å². The number of hydrogen-bond acceptors (Lipinski definition) is 3. The number of rotatable bonds is 5. The van der Waals surface area contributed by atoms with Gasteiger partial charge in [0.25, 0.3) is 0 Å². The van der Waals surface area contributed by atoms with Crippen molar-refractivity contribution in [2.45, 2.75) is 33.1 Å². The molecule has 1 aromatic heterocycles. The second-order valence-corrected chi connectivity index (χ2v) is 6.23. The largest absolute Gasteiger partial charge is 0.370 e. The quantitative estimate of drug-likeness (QED) is 0.656. The number of thiazole rings is 1. The van der Waals surface area contributed by atoms with Gasteiger partial charge in [-0.05, 0) is 19.1 Å². The summed E-state index contributed by atoms with van der Waals surface area (Å²) in [7, 11) is 0. The first kappa shape index (κ1) is 15.5. The van der Waals surface area contributed by atoms with Crippen LogP contribution in [0.5, 0.6) is 0 Å². The van der Waals surface area contributed by atoms with Crippen LogP contribution >= 0.6 is 11.3 Å². The van der Waals surface area contributed by atoms with E-state index in [1.807, 2.05) is 24.3 Å². The molecule has 0 saturated carbocycles. The molecule has 0 fully saturated rings. The minimum absolute atomic E-state index is 0.443. The number of hydrogen-bond donors (Lipinski definition) is 2. The highest BCUT2D eigenvalue weighted by molar-refractivity contribution is 7.09. The summed E-state index contributed by atoms with van der Waals surface area (Å²) < 4.78 is 0. The summed E-state index contributed by atoms with van der Waals surface area (Å²) in [5.41, 5.74) is 9.15. The van der Waals surface area contributed by atoms with Gasteiger partial charge in [-0.3, -0.25) is 4.99 Å². The van der Waals surface area contributed by atoms with E-state index in [9.17, 15) is 0 Å². The molecule has 0 atom stereocenters. The maximum absolute atomic E-state index is 5.88. The van der Waals surface area contributed by atoms with Crippen molar-refractivity contribution < 1.29 is 0 Å². The topological polar surface area (TPSA) is 63.3 Å². The lowest BCUT2D eigenvalue weighted by molar-refractivity contribution is 0.831. The molecule has 0 amide bonds. The molecule has 0 aliphatic carbocycles. The monoisotopic (exact) mass is 302 g/mol. The second-order valence-electron chi connectivity index (χ2n) is 5.34. The van der Waals surface area contributed by atoms with Crippen LogP contribution in [0.1, 0.15) is 36.0 Å². The number of aryl methyl sites for hydroxylation is 1. The minimum Gasteiger partial charge on any atom is -0.370 e. The fraction of sp³-hybridized carbons (Fsp3) is 0.375. The summed E-state index contributed by atoms with van der Waals surface area (Å²) in [6.07, 6.45) is 0.819. The zero-order chi connectivity index (χ0) is 15.2. The van der Waals surface area contributed by atoms with Crippen LogP contribution in [0.15, 0.2) is 34.6 Å². The molecular weight excluding hydrogens is 280 g/mol. The number of nitrogens with one attached hydrogen (secondary N) is 1. The summed E-state index contributed by atoms with van der Waals surface area (Å²) >= 11 is 1.71. The number of nitrogens with two attached hydrogens (primary N) is 1. The van der Waals surface area contributed by atoms with E-state index < -0.39 is 0 Å². The highest BCUT2D eigenvalue weighted by Crippen LogP contribution is 2.19. The number of benzene rings is 1. The molecule has 2 aromatic rings. The van der Waals surface area contributed by atoms with Gasteiger partial charge in [0.1, 0.15) is 0 Å². The Hall–Kier alpha value is -1.88. The van der Waals surface area contributed by atoms with Crippen molar-refractivity contribution in [2.75, 3.05) is 11.9 Å². The summed E-state index contributed by atoms with van der Waals surface area (Å²) in [6.45, 7) is 7.01. The maximum atomic E-state index is 5.88. The van der Waals surface area contributed by atoms with Gasteiger partial charge in [-0.15, -0.1) is 11.3 Å². The minimum atomic E-state index is 0.443. The van der Waals surface area contributed by atoms with E-state index in [-0.39, 0.29) is 0 Å². The van der Waals surface area contributed by atoms with Crippen molar-refractivity contribution in [2.24, 2.45) is 10.7 Å². The first-order valence-corrected chi connectivity index (χ1v) is 8.00. The van der Waals surface area contributed by atoms with E-state index in [4.69, 9.17) is 5.73 Å². The molecule has 0 spiro atoms. The van der Waals surface area contributed by atoms with E-state index in [1.165, 1.54) is 10.6 Å². The lowest BCUT2D eigenvalue weighted by Crippen LogP contribution is -2.23. The van der Waals surface area contributed by atoms with Gasteiger partial charge in [-0.2, -0.15) is 0 Å². The molecule has 112 valence electrons. The Balaban J connectivity index is 1.84. The number of nitrogens with zero attached hydrogens (tertiary/aromatic N) is 2. The fourth-order valence-electron chi connectivity index (χ4n) is 1.82. The zero-order valence-electron chi connectivity index (χ0n) is 12.8. The molecule has 0 bridgehead atoms. The highest BCUT2D eigenvalue weighted by atomic mass is 32.1. The summed E-state index contributed by atoms with van der Waals surface area (Å²) in [5.74, 6) is 0.929. The molecular formula is C16H22N4S. The third-order valence-corrected chi connectivity index (χ3v) is 4.23. The average molecular weight is 302 g/mol. The highest BCUT2D eigenvalue weighted by Gasteiger charge is 2.05. The Morgan fingerprint density at radius 3 is 2.67 bits per heavy atom. The molecule has 5 heteroatoms. The van der Waals surface area contributed by atoms with E-state index >= 15 is 0 Å². The van der Waals surface area contributed by atoms with Gasteiger partial charge in [0.2, 0.25) is 0 Å². The van der Waals surface area contributed by atoms with Gasteiger partial charge in [-0.25, -0.2) is 4.98 Å². The first-order chi connectivity index (χ1) is 10.0. The Morgan fingerprint density at radius 1 is 1.33 bits per heavy atom. The summed E-state index contributed by atoms with van der Waals surface area (Å²) in [6, 6.07) is 8.07. The predicted octanol–water partition coefficient (Wildman–Crippen LogP) is 3.54. The first-order valence-electron chi connectivity index (χ1n) is 7.12. The molecule has 2 rings (SSSR count). The normalized spacial score (nSPS) is 11.9. The van der Waals surface area contributed by atoms with Crippen molar-refractivity contribution in [3.05, 3.63) is 45.9 Å². The Morgan fingerprint density at radius 2 is 2.05 bits per heavy atom. The van der Waals surface area contributed by atoms with Crippen LogP contribution in [0.3, 0.4) is 0 Å². The van der Waals surface area contributed by atoms with Gasteiger partial charge in [0.15, 0.2) is 5.96 Å². The predicted molar refractivity (Wildman–Crippen MR) is 91.2 cm³/mol. The molecule has 0 unspecified atom stereocenters. The van der Waals surface area contributed by atoms with Crippen LogP contribution in [-0.2, 0) is 6.42 Å². The molecule has 1 aromatic carbocycles. The van der Waals surface area contributed by atoms with E-state index in [2.05, 4.69) is 41.4 Å². The van der Waals surface area contributed by atoms with Crippen LogP contribution in [0.4, 0.5) is 5.69 Å². The molecule has 0 aliphatic rings. The van der Waals surface area contributed by atoms with Crippen LogP contribution in [0.2, 0.25) is 0 Å². The molecule has 0 radical (unpaired) electrons. The Kier molecular flexibility index (Phi) is 5.33. The number of guanidine groups is 1. The second kappa shape index (κ2) is 7.22. The van der Waals surface area contributed by atoms with Crippen LogP contribution in [0, 0.1) is 6.92 Å². The number of anilines is 1. The van der Waals surface area contributed by atoms with Crippen molar-refractivity contribution >= 4 is 23.0 Å².